The minimum absolute atomic E-state index is 0.370. The summed E-state index contributed by atoms with van der Waals surface area (Å²) in [6.45, 7) is 3.85. The fourth-order valence-electron chi connectivity index (χ4n) is 3.23. The lowest BCUT2D eigenvalue weighted by atomic mass is 10.1. The highest BCUT2D eigenvalue weighted by Crippen LogP contribution is 2.21. The number of hydrogen-bond acceptors (Lipinski definition) is 5. The number of nitrogens with zero attached hydrogens (tertiary/aromatic N) is 2. The second-order valence-corrected chi connectivity index (χ2v) is 9.66. The van der Waals surface area contributed by atoms with Gasteiger partial charge in [0.15, 0.2) is 0 Å². The van der Waals surface area contributed by atoms with Crippen molar-refractivity contribution in [2.24, 2.45) is 5.10 Å². The van der Waals surface area contributed by atoms with Gasteiger partial charge in [-0.2, -0.15) is 5.10 Å². The predicted octanol–water partition coefficient (Wildman–Crippen LogP) is 3.80. The van der Waals surface area contributed by atoms with Crippen molar-refractivity contribution in [2.75, 3.05) is 17.1 Å². The Kier molecular flexibility index (Phi) is 7.84. The van der Waals surface area contributed by atoms with Crippen LogP contribution in [0.15, 0.2) is 77.9 Å². The summed E-state index contributed by atoms with van der Waals surface area (Å²) in [7, 11) is -3.65. The number of aryl methyl sites for hydroxylation is 2. The summed E-state index contributed by atoms with van der Waals surface area (Å²) in [4.78, 5) is 12.4. The number of hydrazone groups is 1. The van der Waals surface area contributed by atoms with Gasteiger partial charge in [0, 0.05) is 0 Å². The topological polar surface area (TPSA) is 88.1 Å². The third-order valence-electron chi connectivity index (χ3n) is 4.71. The van der Waals surface area contributed by atoms with Crippen molar-refractivity contribution < 1.29 is 17.9 Å². The predicted molar refractivity (Wildman–Crippen MR) is 131 cm³/mol. The van der Waals surface area contributed by atoms with Crippen LogP contribution in [0.25, 0.3) is 0 Å². The van der Waals surface area contributed by atoms with E-state index in [1.54, 1.807) is 12.1 Å². The number of benzene rings is 3. The molecule has 0 fully saturated rings. The summed E-state index contributed by atoms with van der Waals surface area (Å²) >= 11 is 0. The highest BCUT2D eigenvalue weighted by Gasteiger charge is 2.21. The molecule has 3 aromatic rings. The molecule has 0 spiro atoms. The number of rotatable bonds is 9. The molecule has 0 bridgehead atoms. The van der Waals surface area contributed by atoms with Crippen LogP contribution in [0.5, 0.6) is 5.75 Å². The SMILES string of the molecule is Cc1cc(C)cc(N(CC(=O)N/N=C\c2ccc(OCc3ccccc3)cc2)S(C)(=O)=O)c1. The zero-order valence-corrected chi connectivity index (χ0v) is 19.7. The molecule has 0 aliphatic rings. The average molecular weight is 466 g/mol. The van der Waals surface area contributed by atoms with E-state index in [1.165, 1.54) is 6.21 Å². The van der Waals surface area contributed by atoms with E-state index >= 15 is 0 Å². The van der Waals surface area contributed by atoms with Gasteiger partial charge in [0.25, 0.3) is 5.91 Å². The molecule has 3 aromatic carbocycles. The van der Waals surface area contributed by atoms with Crippen molar-refractivity contribution in [1.82, 2.24) is 5.43 Å². The lowest BCUT2D eigenvalue weighted by Crippen LogP contribution is -2.39. The monoisotopic (exact) mass is 465 g/mol. The van der Waals surface area contributed by atoms with Crippen molar-refractivity contribution in [3.63, 3.8) is 0 Å². The Labute approximate surface area is 194 Å². The van der Waals surface area contributed by atoms with E-state index in [0.717, 1.165) is 38.6 Å². The van der Waals surface area contributed by atoms with Gasteiger partial charge in [-0.15, -0.1) is 0 Å². The van der Waals surface area contributed by atoms with Crippen LogP contribution in [-0.4, -0.2) is 33.3 Å². The number of anilines is 1. The van der Waals surface area contributed by atoms with Crippen molar-refractivity contribution in [3.05, 3.63) is 95.1 Å². The molecule has 3 rings (SSSR count). The van der Waals surface area contributed by atoms with Gasteiger partial charge in [-0.1, -0.05) is 36.4 Å². The first-order valence-corrected chi connectivity index (χ1v) is 12.2. The molecule has 7 nitrogen and oxygen atoms in total. The van der Waals surface area contributed by atoms with Gasteiger partial charge in [0.2, 0.25) is 10.0 Å². The quantitative estimate of drug-likeness (QED) is 0.385. The molecule has 0 aliphatic carbocycles. The first-order chi connectivity index (χ1) is 15.7. The number of nitrogens with one attached hydrogen (secondary N) is 1. The molecule has 0 saturated heterocycles. The Bertz CT molecular complexity index is 1200. The van der Waals surface area contributed by atoms with Crippen molar-refractivity contribution in [3.8, 4) is 5.75 Å². The number of carbonyl (C=O) groups excluding carboxylic acids is 1. The highest BCUT2D eigenvalue weighted by molar-refractivity contribution is 7.92. The number of carbonyl (C=O) groups is 1. The Morgan fingerprint density at radius 2 is 1.64 bits per heavy atom. The van der Waals surface area contributed by atoms with Crippen molar-refractivity contribution in [1.29, 1.82) is 0 Å². The average Bonchev–Trinajstić information content (AvgIpc) is 2.76. The molecule has 0 unspecified atom stereocenters. The fraction of sp³-hybridized carbons (Fsp3) is 0.200. The molecule has 0 aromatic heterocycles. The first kappa shape index (κ1) is 24.0. The number of amides is 1. The van der Waals surface area contributed by atoms with Gasteiger partial charge in [0.05, 0.1) is 18.2 Å². The van der Waals surface area contributed by atoms with Crippen LogP contribution in [0.4, 0.5) is 5.69 Å². The maximum atomic E-state index is 12.4. The second-order valence-electron chi connectivity index (χ2n) is 7.75. The Morgan fingerprint density at radius 1 is 1.00 bits per heavy atom. The molecular weight excluding hydrogens is 438 g/mol. The van der Waals surface area contributed by atoms with Gasteiger partial charge >= 0.3 is 0 Å². The van der Waals surface area contributed by atoms with E-state index in [-0.39, 0.29) is 6.54 Å². The maximum Gasteiger partial charge on any atom is 0.260 e. The normalized spacial score (nSPS) is 11.4. The van der Waals surface area contributed by atoms with Gasteiger partial charge in [0.1, 0.15) is 18.9 Å². The summed E-state index contributed by atoms with van der Waals surface area (Å²) < 4.78 is 31.3. The molecule has 0 saturated carbocycles. The minimum atomic E-state index is -3.65. The summed E-state index contributed by atoms with van der Waals surface area (Å²) in [5, 5.41) is 3.94. The molecule has 33 heavy (non-hydrogen) atoms. The van der Waals surface area contributed by atoms with E-state index in [9.17, 15) is 13.2 Å². The molecular formula is C25H27N3O4S. The Hall–Kier alpha value is -3.65. The molecule has 0 radical (unpaired) electrons. The lowest BCUT2D eigenvalue weighted by Gasteiger charge is -2.22. The van der Waals surface area contributed by atoms with Crippen molar-refractivity contribution >= 4 is 27.8 Å². The lowest BCUT2D eigenvalue weighted by molar-refractivity contribution is -0.119. The molecule has 1 N–H and O–H groups in total. The molecule has 1 amide bonds. The van der Waals surface area contributed by atoms with Crippen LogP contribution in [-0.2, 0) is 21.4 Å². The highest BCUT2D eigenvalue weighted by atomic mass is 32.2. The van der Waals surface area contributed by atoms with Crippen LogP contribution >= 0.6 is 0 Å². The Morgan fingerprint density at radius 3 is 2.24 bits per heavy atom. The first-order valence-electron chi connectivity index (χ1n) is 10.4. The van der Waals surface area contributed by atoms with Crippen LogP contribution in [0.3, 0.4) is 0 Å². The van der Waals surface area contributed by atoms with Gasteiger partial charge in [-0.05, 0) is 72.5 Å². The largest absolute Gasteiger partial charge is 0.489 e. The van der Waals surface area contributed by atoms with Gasteiger partial charge < -0.3 is 4.74 Å². The fourth-order valence-corrected chi connectivity index (χ4v) is 4.07. The molecule has 172 valence electrons. The summed E-state index contributed by atoms with van der Waals surface area (Å²) in [5.41, 5.74) is 6.49. The maximum absolute atomic E-state index is 12.4. The van der Waals surface area contributed by atoms with E-state index in [4.69, 9.17) is 4.74 Å². The number of sulfonamides is 1. The molecule has 0 heterocycles. The summed E-state index contributed by atoms with van der Waals surface area (Å²) in [6.07, 6.45) is 2.56. The zero-order valence-electron chi connectivity index (χ0n) is 18.9. The third kappa shape index (κ3) is 7.47. The van der Waals surface area contributed by atoms with E-state index in [2.05, 4.69) is 10.5 Å². The Balaban J connectivity index is 1.57. The zero-order chi connectivity index (χ0) is 23.8. The number of hydrogen-bond donors (Lipinski definition) is 1. The van der Waals surface area contributed by atoms with Crippen LogP contribution in [0.2, 0.25) is 0 Å². The van der Waals surface area contributed by atoms with E-state index in [1.807, 2.05) is 74.5 Å². The van der Waals surface area contributed by atoms with Crippen LogP contribution in [0, 0.1) is 13.8 Å². The number of ether oxygens (including phenoxy) is 1. The second kappa shape index (κ2) is 10.8. The van der Waals surface area contributed by atoms with Crippen LogP contribution < -0.4 is 14.5 Å². The third-order valence-corrected chi connectivity index (χ3v) is 5.85. The molecule has 8 heteroatoms. The van der Waals surface area contributed by atoms with E-state index < -0.39 is 15.9 Å². The van der Waals surface area contributed by atoms with Gasteiger partial charge in [-0.25, -0.2) is 13.8 Å². The van der Waals surface area contributed by atoms with Crippen molar-refractivity contribution in [2.45, 2.75) is 20.5 Å². The van der Waals surface area contributed by atoms with Crippen LogP contribution in [0.1, 0.15) is 22.3 Å². The molecule has 0 atom stereocenters. The minimum Gasteiger partial charge on any atom is -0.489 e. The summed E-state index contributed by atoms with van der Waals surface area (Å²) in [5.74, 6) is 0.177. The van der Waals surface area contributed by atoms with E-state index in [0.29, 0.717) is 12.3 Å². The smallest absolute Gasteiger partial charge is 0.260 e. The van der Waals surface area contributed by atoms with Gasteiger partial charge in [-0.3, -0.25) is 9.10 Å². The molecule has 0 aliphatic heterocycles. The summed E-state index contributed by atoms with van der Waals surface area (Å²) in [6, 6.07) is 22.5. The standard InChI is InChI=1S/C25H27N3O4S/c1-19-13-20(2)15-23(14-19)28(33(3,30)31)17-25(29)27-26-16-21-9-11-24(12-10-21)32-18-22-7-5-4-6-8-22/h4-16H,17-18H2,1-3H3,(H,27,29)/b26-16-.